The topological polar surface area (TPSA) is 131 Å². The number of allylic oxidation sites excluding steroid dienone is 1. The van der Waals surface area contributed by atoms with Gasteiger partial charge in [-0.25, -0.2) is 4.39 Å². The van der Waals surface area contributed by atoms with E-state index in [2.05, 4.69) is 185 Å². The fourth-order valence-corrected chi connectivity index (χ4v) is 20.1. The molecule has 15 nitrogen and oxygen atoms in total. The second-order valence-electron chi connectivity index (χ2n) is 35.4. The molecule has 1 N–H and O–H groups in total. The van der Waals surface area contributed by atoms with Gasteiger partial charge in [0.25, 0.3) is 5.91 Å². The second-order valence-corrected chi connectivity index (χ2v) is 35.4. The van der Waals surface area contributed by atoms with Crippen molar-refractivity contribution in [3.63, 3.8) is 0 Å². The number of piperidine rings is 4. The van der Waals surface area contributed by atoms with Gasteiger partial charge in [-0.2, -0.15) is 0 Å². The van der Waals surface area contributed by atoms with Crippen molar-refractivity contribution in [3.8, 4) is 11.5 Å². The van der Waals surface area contributed by atoms with Gasteiger partial charge < -0.3 is 47.8 Å². The number of ether oxygens (including phenoxy) is 2. The number of Topliss-reactive ketones (excluding diaryl/α,β-unsaturated/α-hetero) is 3. The smallest absolute Gasteiger partial charge is 0.253 e. The summed E-state index contributed by atoms with van der Waals surface area (Å²) in [6.07, 6.45) is 35.3. The molecule has 124 heavy (non-hydrogen) atoms. The maximum absolute atomic E-state index is 13.2. The minimum Gasteiger partial charge on any atom is -0.496 e. The predicted octanol–water partition coefficient (Wildman–Crippen LogP) is 23.0. The van der Waals surface area contributed by atoms with E-state index in [1.165, 1.54) is 137 Å². The molecule has 2 atom stereocenters. The molecule has 12 aromatic rings. The van der Waals surface area contributed by atoms with E-state index in [-0.39, 0.29) is 35.2 Å². The minimum atomic E-state index is -0.238. The van der Waals surface area contributed by atoms with Crippen LogP contribution in [0.4, 0.5) is 4.39 Å². The number of hydrogen-bond acceptors (Lipinski definition) is 10. The van der Waals surface area contributed by atoms with Gasteiger partial charge in [-0.3, -0.25) is 24.1 Å². The number of fused-ring (bicyclic) bond motifs is 6. The standard InChI is InChI=1S/C35H41N3O.C25H30N2O2.C24H27FN2O2.C24H34N2O/c1-26-9-7-12-29(21-26)24-36-35(39)33-25-37(34-14-6-5-13-32(33)34)19-8-20-38-30-17-18-31(38)23-28(22-30)16-15-27-10-3-2-4-11-27;1-19(28)23-18-27(24-10-5-3-9-22(23)24)15-7-14-26-16-12-20(13-17-26)21-8-4-6-11-25(21)29-2;1-18(28)23-17-27(24-6-3-2-5-22(23)24)14-4-13-26-15-11-21(12-16-26)29-20-9-7-19(25)8-10-20;1-3-4-5-6-10-21-13-17-25(18-14-21)15-9-16-26-19-23(20(2)27)22-11-7-8-12-24(22)26/h2-7,9-14,21,25,28,30-31H,8,15-20,22-24H2,1H3,(H,36,39);3-6,8-11,18,20H,7,12-17H2,1-2H3;2-3,5-10,17,21H,4,11-16H2,1H3;7-8,10-12,19H,3-6,9,13-18H2,1-2H3. The van der Waals surface area contributed by atoms with E-state index < -0.39 is 0 Å². The van der Waals surface area contributed by atoms with Gasteiger partial charge in [-0.15, -0.1) is 0 Å². The Bertz CT molecular complexity index is 5460. The molecule has 0 aliphatic carbocycles. The number of halogens is 1. The van der Waals surface area contributed by atoms with E-state index in [1.807, 2.05) is 79.3 Å². The summed E-state index contributed by atoms with van der Waals surface area (Å²) in [5, 5.41) is 7.37. The Morgan fingerprint density at radius 1 is 0.460 bits per heavy atom. The molecule has 0 spiro atoms. The fourth-order valence-electron chi connectivity index (χ4n) is 20.1. The number of likely N-dealkylation sites (tertiary alicyclic amines) is 3. The molecule has 2 bridgehead atoms. The summed E-state index contributed by atoms with van der Waals surface area (Å²) < 4.78 is 33.5. The fraction of sp³-hybridized carbons (Fsp3) is 0.426. The van der Waals surface area contributed by atoms with Crippen LogP contribution in [0, 0.1) is 18.7 Å². The number of aryl methyl sites for hydroxylation is 6. The number of methoxy groups -OCH3 is 1. The predicted molar refractivity (Wildman–Crippen MR) is 505 cm³/mol. The quantitative estimate of drug-likeness (QED) is 0.0241. The molecular weight excluding hydrogens is 1540 g/mol. The van der Waals surface area contributed by atoms with Crippen LogP contribution in [0.1, 0.15) is 219 Å². The number of aromatic nitrogens is 4. The summed E-state index contributed by atoms with van der Waals surface area (Å²) in [6, 6.07) is 68.4. The van der Waals surface area contributed by atoms with Crippen molar-refractivity contribution in [1.29, 1.82) is 0 Å². The van der Waals surface area contributed by atoms with Crippen LogP contribution in [0.25, 0.3) is 43.6 Å². The lowest BCUT2D eigenvalue weighted by Gasteiger charge is -2.39. The molecule has 5 aliphatic heterocycles. The first kappa shape index (κ1) is 89.8. The molecule has 16 heteroatoms. The Labute approximate surface area is 735 Å². The molecule has 5 aliphatic rings. The van der Waals surface area contributed by atoms with Gasteiger partial charge in [0.05, 0.1) is 12.7 Å². The number of carbonyl (C=O) groups is 4. The van der Waals surface area contributed by atoms with Crippen molar-refractivity contribution < 1.29 is 33.0 Å². The summed E-state index contributed by atoms with van der Waals surface area (Å²) in [5.41, 5.74) is 14.7. The zero-order valence-corrected chi connectivity index (χ0v) is 74.5. The average molecular weight is 1670 g/mol. The van der Waals surface area contributed by atoms with Gasteiger partial charge in [0.1, 0.15) is 23.4 Å². The highest BCUT2D eigenvalue weighted by Gasteiger charge is 2.40. The highest BCUT2D eigenvalue weighted by molar-refractivity contribution is 6.09. The van der Waals surface area contributed by atoms with E-state index >= 15 is 0 Å². The van der Waals surface area contributed by atoms with E-state index in [9.17, 15) is 23.6 Å². The van der Waals surface area contributed by atoms with Crippen molar-refractivity contribution >= 4 is 66.9 Å². The van der Waals surface area contributed by atoms with Crippen molar-refractivity contribution in [1.82, 2.24) is 43.2 Å². The lowest BCUT2D eigenvalue weighted by Crippen LogP contribution is -2.43. The van der Waals surface area contributed by atoms with Gasteiger partial charge in [-0.05, 0) is 259 Å². The summed E-state index contributed by atoms with van der Waals surface area (Å²) in [4.78, 5) is 59.4. The number of carbonyl (C=O) groups excluding carboxylic acids is 4. The Morgan fingerprint density at radius 3 is 1.41 bits per heavy atom. The van der Waals surface area contributed by atoms with Gasteiger partial charge in [-0.1, -0.05) is 183 Å². The van der Waals surface area contributed by atoms with Gasteiger partial charge in [0.2, 0.25) is 0 Å². The third-order valence-electron chi connectivity index (χ3n) is 26.7. The SMILES string of the molecule is CC(=O)c1cn(CCCN2CCC(Oc3ccc(F)cc3)CC2)c2ccccc12.CCCCCC=C1CCN(CCCn2cc(C(C)=O)c3ccccc32)CC1.COc1ccccc1C1CCN(CCCn2cc(C(C)=O)c3ccccc32)CC1.Cc1cccc(CNC(=O)c2cn(CCCN3C4CCC3CC(CCc3ccccc3)C4)c3ccccc23)c1. The number of nitrogens with zero attached hydrogens (tertiary/aromatic N) is 8. The average Bonchev–Trinajstić information content (AvgIpc) is 1.66. The van der Waals surface area contributed by atoms with E-state index in [1.54, 1.807) is 45.6 Å². The Hall–Kier alpha value is -10.5. The molecule has 652 valence electrons. The molecule has 0 radical (unpaired) electrons. The Balaban J connectivity index is 0.000000136. The number of ketones is 3. The summed E-state index contributed by atoms with van der Waals surface area (Å²) in [6.45, 7) is 24.7. The maximum atomic E-state index is 13.2. The van der Waals surface area contributed by atoms with Crippen molar-refractivity contribution in [2.45, 2.75) is 220 Å². The molecule has 17 rings (SSSR count). The van der Waals surface area contributed by atoms with Crippen LogP contribution < -0.4 is 14.8 Å². The summed E-state index contributed by atoms with van der Waals surface area (Å²) >= 11 is 0. The molecule has 2 unspecified atom stereocenters. The monoisotopic (exact) mass is 1670 g/mol. The normalized spacial score (nSPS) is 17.2. The third-order valence-corrected chi connectivity index (χ3v) is 26.7. The number of hydrogen-bond donors (Lipinski definition) is 1. The van der Waals surface area contributed by atoms with E-state index in [0.29, 0.717) is 12.5 Å². The van der Waals surface area contributed by atoms with Crippen molar-refractivity contribution in [2.24, 2.45) is 5.92 Å². The molecular formula is C108H132FN9O6. The second kappa shape index (κ2) is 44.9. The Kier molecular flexibility index (Phi) is 32.5. The van der Waals surface area contributed by atoms with Crippen molar-refractivity contribution in [3.05, 3.63) is 287 Å². The number of unbranched alkanes of at least 4 members (excludes halogenated alkanes) is 3. The van der Waals surface area contributed by atoms with E-state index in [0.717, 1.165) is 212 Å². The first-order chi connectivity index (χ1) is 60.6. The zero-order chi connectivity index (χ0) is 86.1. The lowest BCUT2D eigenvalue weighted by molar-refractivity contribution is 0.0949. The first-order valence-corrected chi connectivity index (χ1v) is 46.5. The molecule has 5 fully saturated rings. The van der Waals surface area contributed by atoms with Gasteiger partial charge >= 0.3 is 0 Å². The van der Waals surface area contributed by atoms with Crippen LogP contribution in [0.2, 0.25) is 0 Å². The van der Waals surface area contributed by atoms with Crippen LogP contribution in [-0.4, -0.2) is 152 Å². The minimum absolute atomic E-state index is 0.00192. The number of amides is 1. The van der Waals surface area contributed by atoms with Crippen LogP contribution >= 0.6 is 0 Å². The van der Waals surface area contributed by atoms with Gasteiger partial charge in [0.15, 0.2) is 17.3 Å². The van der Waals surface area contributed by atoms with Crippen molar-refractivity contribution in [2.75, 3.05) is 72.6 Å². The van der Waals surface area contributed by atoms with Crippen LogP contribution in [-0.2, 0) is 39.1 Å². The maximum Gasteiger partial charge on any atom is 0.253 e. The summed E-state index contributed by atoms with van der Waals surface area (Å²) in [7, 11) is 1.76. The molecule has 5 saturated heterocycles. The molecule has 4 aromatic heterocycles. The van der Waals surface area contributed by atoms with Gasteiger partial charge in [0, 0.05) is 163 Å². The first-order valence-electron chi connectivity index (χ1n) is 46.5. The lowest BCUT2D eigenvalue weighted by atomic mass is 9.86. The number of rotatable bonds is 33. The van der Waals surface area contributed by atoms with E-state index in [4.69, 9.17) is 9.47 Å². The molecule has 0 saturated carbocycles. The van der Waals surface area contributed by atoms with Crippen LogP contribution in [0.5, 0.6) is 11.5 Å². The Morgan fingerprint density at radius 2 is 0.911 bits per heavy atom. The largest absolute Gasteiger partial charge is 0.496 e. The van der Waals surface area contributed by atoms with Crippen LogP contribution in [0.3, 0.4) is 0 Å². The number of nitrogens with one attached hydrogen (secondary N) is 1. The highest BCUT2D eigenvalue weighted by atomic mass is 19.1. The molecule has 9 heterocycles. The van der Waals surface area contributed by atoms with Crippen LogP contribution in [0.15, 0.2) is 237 Å². The molecule has 8 aromatic carbocycles. The highest BCUT2D eigenvalue weighted by Crippen LogP contribution is 2.41. The third kappa shape index (κ3) is 24.1. The summed E-state index contributed by atoms with van der Waals surface area (Å²) in [5.74, 6) is 3.39. The number of para-hydroxylation sites is 5. The zero-order valence-electron chi connectivity index (χ0n) is 74.5. The number of benzene rings is 8. The molecule has 1 amide bonds.